The monoisotopic (exact) mass is 777 g/mol. The maximum atomic E-state index is 4.91. The van der Waals surface area contributed by atoms with Crippen molar-refractivity contribution in [3.8, 4) is 11.4 Å². The van der Waals surface area contributed by atoms with Crippen LogP contribution in [0.4, 0.5) is 0 Å². The second-order valence-corrected chi connectivity index (χ2v) is 12.1. The Balaban J connectivity index is 0.000000484. The van der Waals surface area contributed by atoms with Crippen LogP contribution in [0.5, 0.6) is 0 Å². The Morgan fingerprint density at radius 3 is 1.71 bits per heavy atom. The van der Waals surface area contributed by atoms with Crippen molar-refractivity contribution in [3.05, 3.63) is 118 Å². The van der Waals surface area contributed by atoms with E-state index in [1.807, 2.05) is 33.0 Å². The molecule has 0 spiro atoms. The molecule has 4 aromatic carbocycles. The van der Waals surface area contributed by atoms with Crippen molar-refractivity contribution in [3.63, 3.8) is 0 Å². The van der Waals surface area contributed by atoms with E-state index in [1.54, 1.807) is 7.05 Å². The Morgan fingerprint density at radius 1 is 0.778 bits per heavy atom. The van der Waals surface area contributed by atoms with E-state index in [0.29, 0.717) is 0 Å². The third kappa shape index (κ3) is 8.13. The molecule has 234 valence electrons. The second-order valence-electron chi connectivity index (χ2n) is 12.1. The average Bonchev–Trinajstić information content (AvgIpc) is 3.32. The third-order valence-corrected chi connectivity index (χ3v) is 8.52. The summed E-state index contributed by atoms with van der Waals surface area (Å²) in [5.41, 5.74) is 17.7. The fourth-order valence-electron chi connectivity index (χ4n) is 6.45. The van der Waals surface area contributed by atoms with Crippen LogP contribution in [0.3, 0.4) is 0 Å². The Hall–Kier alpha value is -3.69. The Labute approximate surface area is 285 Å². The molecule has 0 unspecified atom stereocenters. The van der Waals surface area contributed by atoms with Crippen LogP contribution in [-0.2, 0) is 28.1 Å². The molecule has 6 heteroatoms. The van der Waals surface area contributed by atoms with Gasteiger partial charge in [-0.15, -0.1) is 0 Å². The second kappa shape index (κ2) is 15.5. The average molecular weight is 778 g/mol. The van der Waals surface area contributed by atoms with E-state index in [9.17, 15) is 0 Å². The smallest absolute Gasteiger partial charge is 0.392 e. The molecule has 0 atom stereocenters. The largest absolute Gasteiger partial charge is 2.00 e. The molecule has 0 bridgehead atoms. The molecule has 0 fully saturated rings. The number of imidazole rings is 1. The van der Waals surface area contributed by atoms with Crippen molar-refractivity contribution in [2.75, 3.05) is 14.1 Å². The first-order chi connectivity index (χ1) is 20.9. The van der Waals surface area contributed by atoms with Crippen LogP contribution < -0.4 is 21.7 Å². The Morgan fingerprint density at radius 2 is 1.27 bits per heavy atom. The predicted octanol–water partition coefficient (Wildman–Crippen LogP) is 6.80. The quantitative estimate of drug-likeness (QED) is 0.152. The van der Waals surface area contributed by atoms with Crippen LogP contribution in [0.2, 0.25) is 0 Å². The molecule has 0 aliphatic rings. The number of rotatable bonds is 6. The van der Waals surface area contributed by atoms with Gasteiger partial charge in [-0.05, 0) is 73.6 Å². The number of allylic oxidation sites excluding steroid dienone is 2. The zero-order valence-corrected chi connectivity index (χ0v) is 31.0. The summed E-state index contributed by atoms with van der Waals surface area (Å²) in [7, 11) is 5.78. The molecule has 5 aromatic rings. The van der Waals surface area contributed by atoms with Crippen LogP contribution in [-0.4, -0.2) is 36.1 Å². The van der Waals surface area contributed by atoms with Crippen LogP contribution in [0, 0.1) is 41.5 Å². The number of nitrogens with one attached hydrogen (secondary N) is 1. The van der Waals surface area contributed by atoms with E-state index in [0.717, 1.165) is 33.8 Å². The summed E-state index contributed by atoms with van der Waals surface area (Å²) < 4.78 is 2.18. The van der Waals surface area contributed by atoms with Gasteiger partial charge in [0.2, 0.25) is 6.71 Å². The molecule has 0 radical (unpaired) electrons. The minimum atomic E-state index is 0. The molecular formula is C39H47BN4Pt+2. The van der Waals surface area contributed by atoms with Gasteiger partial charge in [-0.25, -0.2) is 4.98 Å². The van der Waals surface area contributed by atoms with Crippen LogP contribution >= 0.6 is 0 Å². The third-order valence-electron chi connectivity index (χ3n) is 8.52. The summed E-state index contributed by atoms with van der Waals surface area (Å²) in [6.07, 6.45) is 2.00. The first-order valence-electron chi connectivity index (χ1n) is 15.4. The minimum absolute atomic E-state index is 0. The van der Waals surface area contributed by atoms with Gasteiger partial charge in [-0.3, -0.25) is 4.99 Å². The predicted molar refractivity (Wildman–Crippen MR) is 194 cm³/mol. The van der Waals surface area contributed by atoms with Gasteiger partial charge in [0.25, 0.3) is 0 Å². The number of hydrogen-bond acceptors (Lipinski definition) is 3. The van der Waals surface area contributed by atoms with Gasteiger partial charge >= 0.3 is 21.1 Å². The number of aliphatic imine (C=N–C) groups is 1. The van der Waals surface area contributed by atoms with Gasteiger partial charge in [0.05, 0.1) is 11.0 Å². The van der Waals surface area contributed by atoms with E-state index in [1.165, 1.54) is 49.8 Å². The molecular weight excluding hydrogens is 730 g/mol. The minimum Gasteiger partial charge on any atom is -0.392 e. The molecule has 0 saturated heterocycles. The number of aryl methyl sites for hydroxylation is 7. The maximum absolute atomic E-state index is 4.91. The topological polar surface area (TPSA) is 42.2 Å². The Kier molecular flexibility index (Phi) is 12.4. The molecule has 0 aliphatic heterocycles. The first-order valence-corrected chi connectivity index (χ1v) is 15.4. The fraction of sp³-hybridized carbons (Fsp3) is 0.282. The number of fused-ring (bicyclic) bond motifs is 1. The van der Waals surface area contributed by atoms with Crippen molar-refractivity contribution in [2.24, 2.45) is 12.0 Å². The molecule has 1 N–H and O–H groups in total. The molecule has 45 heavy (non-hydrogen) atoms. The molecule has 5 rings (SSSR count). The molecule has 4 nitrogen and oxygen atoms in total. The van der Waals surface area contributed by atoms with Crippen molar-refractivity contribution >= 4 is 39.8 Å². The number of benzene rings is 4. The zero-order chi connectivity index (χ0) is 32.1. The van der Waals surface area contributed by atoms with Crippen LogP contribution in [0.1, 0.15) is 47.2 Å². The molecule has 0 aliphatic carbocycles. The summed E-state index contributed by atoms with van der Waals surface area (Å²) in [4.78, 5) is 8.89. The summed E-state index contributed by atoms with van der Waals surface area (Å²) in [5.74, 6) is 1.000. The number of para-hydroxylation sites is 2. The Bertz CT molecular complexity index is 1740. The van der Waals surface area contributed by atoms with Crippen molar-refractivity contribution in [1.29, 1.82) is 0 Å². The van der Waals surface area contributed by atoms with Gasteiger partial charge in [0, 0.05) is 38.1 Å². The number of hydrogen-bond donors (Lipinski definition) is 1. The number of aromatic nitrogens is 2. The molecule has 1 heterocycles. The van der Waals surface area contributed by atoms with E-state index < -0.39 is 0 Å². The maximum Gasteiger partial charge on any atom is 2.00 e. The van der Waals surface area contributed by atoms with E-state index >= 15 is 0 Å². The van der Waals surface area contributed by atoms with Crippen LogP contribution in [0.25, 0.3) is 22.4 Å². The van der Waals surface area contributed by atoms with Gasteiger partial charge in [0.1, 0.15) is 5.82 Å². The summed E-state index contributed by atoms with van der Waals surface area (Å²) in [6, 6.07) is 26.7. The first kappa shape index (κ1) is 35.8. The van der Waals surface area contributed by atoms with Crippen molar-refractivity contribution in [1.82, 2.24) is 14.9 Å². The van der Waals surface area contributed by atoms with E-state index in [-0.39, 0.29) is 27.8 Å². The van der Waals surface area contributed by atoms with Gasteiger partial charge in [0.15, 0.2) is 0 Å². The fourth-order valence-corrected chi connectivity index (χ4v) is 6.45. The van der Waals surface area contributed by atoms with Crippen molar-refractivity contribution in [2.45, 2.75) is 55.4 Å². The summed E-state index contributed by atoms with van der Waals surface area (Å²) >= 11 is 0. The standard InChI is InChI=1S/C32H33BN2.C7H14N2.Pt/c1-20-16-22(3)30(23(4)17-20)33(31-24(5)18-21(2)19-25(31)6)27-14-12-26(13-15-27)32-34-28-10-8-9-11-29(28)35(32)7;1-6(8-3)5-7(2)9-4;/h8-19H,1-7H3;5,8H,1-4H3;/q;;+2/b;6-5-,9-7?;. The van der Waals surface area contributed by atoms with Gasteiger partial charge in [-0.2, -0.15) is 0 Å². The molecule has 0 amide bonds. The zero-order valence-electron chi connectivity index (χ0n) is 28.7. The SMILES string of the molecule is CN=C(C)/C=C(/C)NC.Cc1cc(C)c(B(c2ccc(-c3nc4ccccc4n3C)cc2)c2c(C)cc(C)cc2C)c(C)c1.[Pt+2]. The van der Waals surface area contributed by atoms with Gasteiger partial charge < -0.3 is 9.88 Å². The van der Waals surface area contributed by atoms with E-state index in [2.05, 4.69) is 130 Å². The molecule has 0 saturated carbocycles. The summed E-state index contributed by atoms with van der Waals surface area (Å²) in [5, 5.41) is 3.01. The van der Waals surface area contributed by atoms with Crippen LogP contribution in [0.15, 0.2) is 89.6 Å². The van der Waals surface area contributed by atoms with E-state index in [4.69, 9.17) is 4.98 Å². The van der Waals surface area contributed by atoms with Gasteiger partial charge in [-0.1, -0.05) is 110 Å². The summed E-state index contributed by atoms with van der Waals surface area (Å²) in [6.45, 7) is 17.6. The number of nitrogens with zero attached hydrogens (tertiary/aromatic N) is 3. The normalized spacial score (nSPS) is 11.5. The van der Waals surface area contributed by atoms with Crippen molar-refractivity contribution < 1.29 is 21.1 Å². The molecule has 1 aromatic heterocycles.